The van der Waals surface area contributed by atoms with Gasteiger partial charge in [-0.2, -0.15) is 8.42 Å². The molecule has 0 aliphatic carbocycles. The molecule has 1 N–H and O–H groups in total. The lowest BCUT2D eigenvalue weighted by Crippen LogP contribution is -2.06. The summed E-state index contributed by atoms with van der Waals surface area (Å²) in [6.45, 7) is 8.75. The molecule has 6 heteroatoms. The molecule has 98 valence electrons. The summed E-state index contributed by atoms with van der Waals surface area (Å²) >= 11 is 3.98. The van der Waals surface area contributed by atoms with E-state index in [1.165, 1.54) is 12.1 Å². The van der Waals surface area contributed by atoms with Gasteiger partial charge >= 0.3 is 10.4 Å². The molecule has 0 fully saturated rings. The Labute approximate surface area is 108 Å². The number of hydrogen-bond acceptors (Lipinski definition) is 4. The van der Waals surface area contributed by atoms with E-state index in [2.05, 4.69) is 44.5 Å². The van der Waals surface area contributed by atoms with Gasteiger partial charge in [0.2, 0.25) is 0 Å². The van der Waals surface area contributed by atoms with Crippen molar-refractivity contribution in [3.63, 3.8) is 0 Å². The lowest BCUT2D eigenvalue weighted by molar-refractivity contribution is 0.386. The molecule has 0 bridgehead atoms. The molecule has 0 unspecified atom stereocenters. The highest BCUT2D eigenvalue weighted by atomic mass is 32.3. The van der Waals surface area contributed by atoms with Crippen molar-refractivity contribution >= 4 is 23.0 Å². The Morgan fingerprint density at radius 3 is 1.76 bits per heavy atom. The van der Waals surface area contributed by atoms with Gasteiger partial charge in [-0.25, -0.2) is 0 Å². The first-order valence-corrected chi connectivity index (χ1v) is 6.74. The molecule has 0 saturated carbocycles. The molecule has 0 heterocycles. The number of benzene rings is 1. The van der Waals surface area contributed by atoms with E-state index >= 15 is 0 Å². The quantitative estimate of drug-likeness (QED) is 0.644. The maximum Gasteiger partial charge on any atom is 0.446 e. The van der Waals surface area contributed by atoms with Crippen molar-refractivity contribution in [3.05, 3.63) is 24.3 Å². The van der Waals surface area contributed by atoms with Crippen molar-refractivity contribution in [3.8, 4) is 5.75 Å². The van der Waals surface area contributed by atoms with E-state index in [1.54, 1.807) is 12.1 Å². The Morgan fingerprint density at radius 1 is 1.12 bits per heavy atom. The second-order valence-electron chi connectivity index (χ2n) is 5.00. The minimum Gasteiger partial charge on any atom is -0.362 e. The zero-order chi connectivity index (χ0) is 13.7. The Morgan fingerprint density at radius 2 is 1.47 bits per heavy atom. The Bertz CT molecular complexity index is 424. The summed E-state index contributed by atoms with van der Waals surface area (Å²) in [5.41, 5.74) is 0.500. The molecule has 0 saturated heterocycles. The van der Waals surface area contributed by atoms with Gasteiger partial charge in [0.25, 0.3) is 0 Å². The fourth-order valence-corrected chi connectivity index (χ4v) is 1.13. The van der Waals surface area contributed by atoms with Crippen LogP contribution in [0.2, 0.25) is 0 Å². The molecule has 0 atom stereocenters. The standard InChI is InChI=1S/C6H6O4S2.C5H12/c7-12(8,9)10-5-1-3-6(11)4-2-5;1-5(2,3)4/h1-4,11H,(H,7,8,9);1-4H3. The second-order valence-corrected chi connectivity index (χ2v) is 6.54. The van der Waals surface area contributed by atoms with Crippen LogP contribution >= 0.6 is 12.6 Å². The van der Waals surface area contributed by atoms with Crippen LogP contribution in [-0.2, 0) is 10.4 Å². The molecular weight excluding hydrogens is 260 g/mol. The fourth-order valence-electron chi connectivity index (χ4n) is 0.623. The highest BCUT2D eigenvalue weighted by Crippen LogP contribution is 2.15. The van der Waals surface area contributed by atoms with E-state index in [9.17, 15) is 8.42 Å². The summed E-state index contributed by atoms with van der Waals surface area (Å²) in [5, 5.41) is 0. The summed E-state index contributed by atoms with van der Waals surface area (Å²) in [6, 6.07) is 5.86. The molecule has 0 aliphatic heterocycles. The summed E-state index contributed by atoms with van der Waals surface area (Å²) in [6.07, 6.45) is 0. The molecule has 17 heavy (non-hydrogen) atoms. The largest absolute Gasteiger partial charge is 0.446 e. The lowest BCUT2D eigenvalue weighted by atomic mass is 10.0. The molecule has 0 aliphatic rings. The summed E-state index contributed by atoms with van der Waals surface area (Å²) in [4.78, 5) is 0.678. The van der Waals surface area contributed by atoms with Crippen LogP contribution in [0.1, 0.15) is 27.7 Å². The third-order valence-corrected chi connectivity index (χ3v) is 1.74. The van der Waals surface area contributed by atoms with E-state index in [1.807, 2.05) is 0 Å². The van der Waals surface area contributed by atoms with Gasteiger partial charge in [0, 0.05) is 4.90 Å². The monoisotopic (exact) mass is 278 g/mol. The number of rotatable bonds is 2. The molecular formula is C11H18O4S2. The third kappa shape index (κ3) is 13.2. The van der Waals surface area contributed by atoms with Crippen LogP contribution in [-0.4, -0.2) is 13.0 Å². The number of thiol groups is 1. The molecule has 0 spiro atoms. The van der Waals surface area contributed by atoms with Crippen molar-refractivity contribution in [1.29, 1.82) is 0 Å². The van der Waals surface area contributed by atoms with Gasteiger partial charge in [0.05, 0.1) is 0 Å². The van der Waals surface area contributed by atoms with Gasteiger partial charge in [-0.05, 0) is 29.7 Å². The van der Waals surface area contributed by atoms with Crippen molar-refractivity contribution in [2.75, 3.05) is 0 Å². The highest BCUT2D eigenvalue weighted by Gasteiger charge is 2.05. The van der Waals surface area contributed by atoms with Gasteiger partial charge < -0.3 is 4.18 Å². The Kier molecular flexibility index (Phi) is 6.01. The van der Waals surface area contributed by atoms with Crippen molar-refractivity contribution in [1.82, 2.24) is 0 Å². The predicted molar refractivity (Wildman–Crippen MR) is 71.0 cm³/mol. The third-order valence-electron chi connectivity index (χ3n) is 1.04. The predicted octanol–water partition coefficient (Wildman–Crippen LogP) is 3.21. The van der Waals surface area contributed by atoms with Crippen molar-refractivity contribution in [2.24, 2.45) is 5.41 Å². The van der Waals surface area contributed by atoms with Crippen LogP contribution in [0.25, 0.3) is 0 Å². The topological polar surface area (TPSA) is 63.6 Å². The molecule has 0 radical (unpaired) electrons. The smallest absolute Gasteiger partial charge is 0.362 e. The maximum absolute atomic E-state index is 10.2. The number of hydrogen-bond donors (Lipinski definition) is 2. The minimum atomic E-state index is -4.41. The van der Waals surface area contributed by atoms with E-state index in [4.69, 9.17) is 4.55 Å². The van der Waals surface area contributed by atoms with Crippen LogP contribution in [0.3, 0.4) is 0 Å². The average Bonchev–Trinajstić information content (AvgIpc) is 2.03. The normalized spacial score (nSPS) is 11.4. The van der Waals surface area contributed by atoms with E-state index in [0.717, 1.165) is 0 Å². The van der Waals surface area contributed by atoms with Crippen LogP contribution < -0.4 is 4.18 Å². The summed E-state index contributed by atoms with van der Waals surface area (Å²) in [5.74, 6) is 0.0512. The first-order valence-electron chi connectivity index (χ1n) is 4.93. The Balaban J connectivity index is 0.000000437. The van der Waals surface area contributed by atoms with E-state index in [0.29, 0.717) is 10.3 Å². The summed E-state index contributed by atoms with van der Waals surface area (Å²) < 4.78 is 32.8. The van der Waals surface area contributed by atoms with E-state index < -0.39 is 10.4 Å². The van der Waals surface area contributed by atoms with E-state index in [-0.39, 0.29) is 5.75 Å². The molecule has 0 aromatic heterocycles. The van der Waals surface area contributed by atoms with Gasteiger partial charge in [-0.3, -0.25) is 4.55 Å². The van der Waals surface area contributed by atoms with Crippen LogP contribution in [0, 0.1) is 5.41 Å². The highest BCUT2D eigenvalue weighted by molar-refractivity contribution is 7.81. The Hall–Kier alpha value is -0.720. The van der Waals surface area contributed by atoms with Crippen LogP contribution in [0.15, 0.2) is 29.2 Å². The maximum atomic E-state index is 10.2. The van der Waals surface area contributed by atoms with Crippen molar-refractivity contribution in [2.45, 2.75) is 32.6 Å². The molecule has 1 aromatic rings. The van der Waals surface area contributed by atoms with Crippen molar-refractivity contribution < 1.29 is 17.2 Å². The van der Waals surface area contributed by atoms with Gasteiger partial charge in [0.1, 0.15) is 5.75 Å². The fraction of sp³-hybridized carbons (Fsp3) is 0.455. The molecule has 4 nitrogen and oxygen atoms in total. The molecule has 1 aromatic carbocycles. The van der Waals surface area contributed by atoms with Crippen LogP contribution in [0.4, 0.5) is 0 Å². The zero-order valence-electron chi connectivity index (χ0n) is 10.3. The minimum absolute atomic E-state index is 0.0512. The van der Waals surface area contributed by atoms with Gasteiger partial charge in [-0.15, -0.1) is 12.6 Å². The zero-order valence-corrected chi connectivity index (χ0v) is 12.0. The summed E-state index contributed by atoms with van der Waals surface area (Å²) in [7, 11) is -4.41. The SMILES string of the molecule is CC(C)(C)C.O=S(=O)(O)Oc1ccc(S)cc1. The average molecular weight is 278 g/mol. The first kappa shape index (κ1) is 16.3. The van der Waals surface area contributed by atoms with Crippen LogP contribution in [0.5, 0.6) is 5.75 Å². The van der Waals surface area contributed by atoms with Gasteiger partial charge in [0.15, 0.2) is 0 Å². The molecule has 1 rings (SSSR count). The second kappa shape index (κ2) is 6.28. The molecule has 0 amide bonds. The van der Waals surface area contributed by atoms with Gasteiger partial charge in [-0.1, -0.05) is 27.7 Å². The first-order chi connectivity index (χ1) is 7.47. The lowest BCUT2D eigenvalue weighted by Gasteiger charge is -2.05.